The monoisotopic (exact) mass is 532 g/mol. The Bertz CT molecular complexity index is 1300. The Morgan fingerprint density at radius 1 is 1.00 bits per heavy atom. The molecule has 1 aliphatic heterocycles. The van der Waals surface area contributed by atoms with Crippen molar-refractivity contribution in [1.82, 2.24) is 9.88 Å². The zero-order valence-corrected chi connectivity index (χ0v) is 21.9. The molecule has 2 amide bonds. The number of ether oxygens (including phenoxy) is 2. The number of nitrogens with one attached hydrogen (secondary N) is 1. The van der Waals surface area contributed by atoms with Crippen molar-refractivity contribution in [2.45, 2.75) is 32.9 Å². The Kier molecular flexibility index (Phi) is 8.65. The summed E-state index contributed by atoms with van der Waals surface area (Å²) in [4.78, 5) is 46.0. The largest absolute Gasteiger partial charge is 0.494 e. The third kappa shape index (κ3) is 6.15. The van der Waals surface area contributed by atoms with E-state index in [2.05, 4.69) is 10.3 Å². The molecule has 9 nitrogen and oxygen atoms in total. The molecule has 1 N–H and O–H groups in total. The molecule has 1 fully saturated rings. The molecule has 10 heteroatoms. The van der Waals surface area contributed by atoms with Crippen LogP contribution >= 0.6 is 12.2 Å². The molecule has 2 aromatic carbocycles. The molecule has 0 bridgehead atoms. The summed E-state index contributed by atoms with van der Waals surface area (Å²) in [5.41, 5.74) is 2.19. The van der Waals surface area contributed by atoms with E-state index in [1.165, 1.54) is 4.90 Å². The number of thiocarbonyl (C=S) groups is 1. The van der Waals surface area contributed by atoms with Gasteiger partial charge in [0, 0.05) is 11.9 Å². The van der Waals surface area contributed by atoms with E-state index in [4.69, 9.17) is 21.7 Å². The molecule has 3 aromatic rings. The maximum atomic E-state index is 13.6. The van der Waals surface area contributed by atoms with Gasteiger partial charge in [-0.3, -0.25) is 19.5 Å². The number of esters is 1. The minimum Gasteiger partial charge on any atom is -0.494 e. The molecule has 0 radical (unpaired) electrons. The van der Waals surface area contributed by atoms with Gasteiger partial charge in [0.25, 0.3) is 5.91 Å². The predicted octanol–water partition coefficient (Wildman–Crippen LogP) is 4.19. The van der Waals surface area contributed by atoms with E-state index in [9.17, 15) is 14.4 Å². The first-order valence-corrected chi connectivity index (χ1v) is 12.7. The van der Waals surface area contributed by atoms with Gasteiger partial charge in [-0.15, -0.1) is 0 Å². The Morgan fingerprint density at radius 3 is 2.37 bits per heavy atom. The van der Waals surface area contributed by atoms with Crippen LogP contribution in [0.5, 0.6) is 5.75 Å². The van der Waals surface area contributed by atoms with Crippen LogP contribution in [0.2, 0.25) is 0 Å². The first-order chi connectivity index (χ1) is 18.4. The maximum absolute atomic E-state index is 13.6. The SMILES string of the molecule is CCOC(=O)c1ccc(NC(=O)CC2C(=O)N(c3ccc(OCC)cc3)C(=S)N2Cc2ccccn2)cc1. The summed E-state index contributed by atoms with van der Waals surface area (Å²) in [5.74, 6) is -0.420. The van der Waals surface area contributed by atoms with Crippen molar-refractivity contribution >= 4 is 46.5 Å². The van der Waals surface area contributed by atoms with Crippen molar-refractivity contribution in [3.8, 4) is 5.75 Å². The van der Waals surface area contributed by atoms with E-state index in [0.29, 0.717) is 34.4 Å². The van der Waals surface area contributed by atoms with Gasteiger partial charge in [-0.1, -0.05) is 6.07 Å². The van der Waals surface area contributed by atoms with Gasteiger partial charge in [-0.05, 0) is 86.7 Å². The molecule has 1 unspecified atom stereocenters. The highest BCUT2D eigenvalue weighted by Crippen LogP contribution is 2.30. The van der Waals surface area contributed by atoms with Gasteiger partial charge in [0.05, 0.1) is 43.1 Å². The summed E-state index contributed by atoms with van der Waals surface area (Å²) in [5, 5.41) is 3.09. The minimum absolute atomic E-state index is 0.126. The molecule has 0 spiro atoms. The summed E-state index contributed by atoms with van der Waals surface area (Å²) >= 11 is 5.72. The molecule has 38 heavy (non-hydrogen) atoms. The number of hydrogen-bond acceptors (Lipinski definition) is 7. The van der Waals surface area contributed by atoms with Gasteiger partial charge < -0.3 is 19.7 Å². The fourth-order valence-electron chi connectivity index (χ4n) is 4.07. The number of anilines is 2. The lowest BCUT2D eigenvalue weighted by Crippen LogP contribution is -2.37. The van der Waals surface area contributed by atoms with Crippen LogP contribution < -0.4 is 15.0 Å². The zero-order valence-electron chi connectivity index (χ0n) is 21.1. The average molecular weight is 533 g/mol. The molecule has 0 aliphatic carbocycles. The van der Waals surface area contributed by atoms with Crippen LogP contribution in [0.15, 0.2) is 72.9 Å². The van der Waals surface area contributed by atoms with Crippen molar-refractivity contribution in [3.63, 3.8) is 0 Å². The van der Waals surface area contributed by atoms with E-state index in [0.717, 1.165) is 5.69 Å². The lowest BCUT2D eigenvalue weighted by molar-refractivity contribution is -0.124. The van der Waals surface area contributed by atoms with Crippen molar-refractivity contribution < 1.29 is 23.9 Å². The molecule has 4 rings (SSSR count). The van der Waals surface area contributed by atoms with Crippen LogP contribution in [0.3, 0.4) is 0 Å². The number of aromatic nitrogens is 1. The Labute approximate surface area is 226 Å². The summed E-state index contributed by atoms with van der Waals surface area (Å²) in [6.45, 7) is 4.70. The molecule has 1 saturated heterocycles. The van der Waals surface area contributed by atoms with Gasteiger partial charge in [-0.2, -0.15) is 0 Å². The first-order valence-electron chi connectivity index (χ1n) is 12.3. The Balaban J connectivity index is 1.53. The highest BCUT2D eigenvalue weighted by Gasteiger charge is 2.44. The van der Waals surface area contributed by atoms with Crippen molar-refractivity contribution in [1.29, 1.82) is 0 Å². The van der Waals surface area contributed by atoms with Crippen molar-refractivity contribution in [2.75, 3.05) is 23.4 Å². The van der Waals surface area contributed by atoms with Gasteiger partial charge in [0.1, 0.15) is 11.8 Å². The summed E-state index contributed by atoms with van der Waals surface area (Å²) in [7, 11) is 0. The second kappa shape index (κ2) is 12.3. The number of rotatable bonds is 10. The molecule has 0 saturated carbocycles. The third-order valence-corrected chi connectivity index (χ3v) is 6.26. The number of pyridine rings is 1. The fraction of sp³-hybridized carbons (Fsp3) is 0.250. The highest BCUT2D eigenvalue weighted by molar-refractivity contribution is 7.80. The fourth-order valence-corrected chi connectivity index (χ4v) is 4.45. The number of carbonyl (C=O) groups excluding carboxylic acids is 3. The number of carbonyl (C=O) groups is 3. The Morgan fingerprint density at radius 2 is 1.74 bits per heavy atom. The third-order valence-electron chi connectivity index (χ3n) is 5.84. The lowest BCUT2D eigenvalue weighted by atomic mass is 10.1. The zero-order chi connectivity index (χ0) is 27.1. The smallest absolute Gasteiger partial charge is 0.338 e. The molecular formula is C28H28N4O5S. The second-order valence-corrected chi connectivity index (χ2v) is 8.76. The number of nitrogens with zero attached hydrogens (tertiary/aromatic N) is 3. The van der Waals surface area contributed by atoms with E-state index in [-0.39, 0.29) is 31.4 Å². The van der Waals surface area contributed by atoms with Gasteiger partial charge in [0.2, 0.25) is 5.91 Å². The molecule has 2 heterocycles. The summed E-state index contributed by atoms with van der Waals surface area (Å²) in [6, 6.07) is 18.1. The highest BCUT2D eigenvalue weighted by atomic mass is 32.1. The van der Waals surface area contributed by atoms with E-state index in [1.807, 2.05) is 19.1 Å². The van der Waals surface area contributed by atoms with Gasteiger partial charge in [0.15, 0.2) is 5.11 Å². The van der Waals surface area contributed by atoms with Crippen LogP contribution in [0.25, 0.3) is 0 Å². The molecule has 1 atom stereocenters. The van der Waals surface area contributed by atoms with Crippen LogP contribution in [-0.2, 0) is 20.9 Å². The molecule has 1 aliphatic rings. The van der Waals surface area contributed by atoms with Crippen molar-refractivity contribution in [3.05, 3.63) is 84.2 Å². The number of benzene rings is 2. The summed E-state index contributed by atoms with van der Waals surface area (Å²) in [6.07, 6.45) is 1.54. The van der Waals surface area contributed by atoms with Crippen LogP contribution in [-0.4, -0.2) is 52.0 Å². The molecule has 196 valence electrons. The normalized spacial score (nSPS) is 14.9. The predicted molar refractivity (Wildman–Crippen MR) is 147 cm³/mol. The van der Waals surface area contributed by atoms with Crippen molar-refractivity contribution in [2.24, 2.45) is 0 Å². The van der Waals surface area contributed by atoms with Gasteiger partial charge in [-0.25, -0.2) is 4.79 Å². The minimum atomic E-state index is -0.824. The van der Waals surface area contributed by atoms with E-state index >= 15 is 0 Å². The quantitative estimate of drug-likeness (QED) is 0.307. The first kappa shape index (κ1) is 26.7. The topological polar surface area (TPSA) is 101 Å². The van der Waals surface area contributed by atoms with E-state index < -0.39 is 12.0 Å². The number of hydrogen-bond donors (Lipinski definition) is 1. The summed E-state index contributed by atoms with van der Waals surface area (Å²) < 4.78 is 10.5. The lowest BCUT2D eigenvalue weighted by Gasteiger charge is -2.23. The standard InChI is InChI=1S/C28H28N4O5S/c1-3-36-23-14-12-22(13-15-23)32-26(34)24(31(28(32)38)18-21-7-5-6-16-29-21)17-25(33)30-20-10-8-19(9-11-20)27(35)37-4-2/h5-16,24H,3-4,17-18H2,1-2H3,(H,30,33). The Hall–Kier alpha value is -4.31. The number of amides is 2. The van der Waals surface area contributed by atoms with Crippen LogP contribution in [0.1, 0.15) is 36.3 Å². The van der Waals surface area contributed by atoms with Gasteiger partial charge >= 0.3 is 5.97 Å². The van der Waals surface area contributed by atoms with Crippen LogP contribution in [0, 0.1) is 0 Å². The molecular weight excluding hydrogens is 504 g/mol. The second-order valence-electron chi connectivity index (χ2n) is 8.40. The maximum Gasteiger partial charge on any atom is 0.338 e. The molecule has 1 aromatic heterocycles. The van der Waals surface area contributed by atoms with Crippen LogP contribution in [0.4, 0.5) is 11.4 Å². The average Bonchev–Trinajstić information content (AvgIpc) is 3.14. The van der Waals surface area contributed by atoms with E-state index in [1.54, 1.807) is 72.6 Å².